The monoisotopic (exact) mass is 796 g/mol. The molecular formula is C47H89NO8. The average Bonchev–Trinajstić information content (AvgIpc) is 3.18. The summed E-state index contributed by atoms with van der Waals surface area (Å²) in [6.45, 7) is 6.06. The molecule has 6 N–H and O–H groups in total. The summed E-state index contributed by atoms with van der Waals surface area (Å²) in [6, 6.07) is -0.817. The van der Waals surface area contributed by atoms with Crippen LogP contribution in [-0.2, 0) is 14.3 Å². The van der Waals surface area contributed by atoms with Crippen molar-refractivity contribution in [2.75, 3.05) is 13.2 Å². The van der Waals surface area contributed by atoms with Gasteiger partial charge in [-0.05, 0) is 44.4 Å². The molecule has 56 heavy (non-hydrogen) atoms. The summed E-state index contributed by atoms with van der Waals surface area (Å²) >= 11 is 0. The Balaban J connectivity index is 2.32. The number of aliphatic hydroxyl groups is 5. The number of hydrogen-bond donors (Lipinski definition) is 6. The minimum Gasteiger partial charge on any atom is -0.394 e. The van der Waals surface area contributed by atoms with Crippen LogP contribution in [0.15, 0.2) is 24.3 Å². The van der Waals surface area contributed by atoms with Crippen LogP contribution in [0.3, 0.4) is 0 Å². The van der Waals surface area contributed by atoms with E-state index in [2.05, 4.69) is 38.2 Å². The summed E-state index contributed by atoms with van der Waals surface area (Å²) in [5.74, 6) is 0.569. The first kappa shape index (κ1) is 52.7. The molecule has 1 saturated heterocycles. The second-order valence-electron chi connectivity index (χ2n) is 17.0. The van der Waals surface area contributed by atoms with E-state index in [1.54, 1.807) is 6.08 Å². The zero-order chi connectivity index (χ0) is 41.1. The van der Waals surface area contributed by atoms with Gasteiger partial charge in [0, 0.05) is 6.42 Å². The number of aliphatic hydroxyl groups excluding tert-OH is 5. The first-order valence-corrected chi connectivity index (χ1v) is 23.4. The molecule has 0 bridgehead atoms. The lowest BCUT2D eigenvalue weighted by Crippen LogP contribution is -2.60. The van der Waals surface area contributed by atoms with E-state index in [4.69, 9.17) is 9.47 Å². The third-order valence-corrected chi connectivity index (χ3v) is 11.2. The van der Waals surface area contributed by atoms with Gasteiger partial charge in [0.2, 0.25) is 5.91 Å². The van der Waals surface area contributed by atoms with E-state index in [-0.39, 0.29) is 12.5 Å². The van der Waals surface area contributed by atoms with Crippen molar-refractivity contribution in [1.82, 2.24) is 5.32 Å². The first-order valence-electron chi connectivity index (χ1n) is 23.4. The molecule has 0 spiro atoms. The average molecular weight is 796 g/mol. The molecule has 9 nitrogen and oxygen atoms in total. The Bertz CT molecular complexity index is 943. The van der Waals surface area contributed by atoms with E-state index in [9.17, 15) is 30.3 Å². The molecule has 0 radical (unpaired) electrons. The summed E-state index contributed by atoms with van der Waals surface area (Å²) in [7, 11) is 0. The molecule has 0 aliphatic carbocycles. The molecule has 1 aliphatic heterocycles. The predicted molar refractivity (Wildman–Crippen MR) is 230 cm³/mol. The summed E-state index contributed by atoms with van der Waals surface area (Å²) in [6.07, 6.45) is 35.3. The van der Waals surface area contributed by atoms with Gasteiger partial charge in [0.05, 0.1) is 25.4 Å². The standard InChI is InChI=1S/C47H89NO8/c1-4-5-6-7-8-9-10-11-12-13-14-15-16-17-18-19-20-24-27-30-33-36-43(51)48-40(38-55-47-46(54)45(53)44(52)42(37-49)56-47)41(50)35-32-29-26-23-21-22-25-28-31-34-39(2)3/h24,27,32,35,39-42,44-47,49-50,52-54H,4-23,25-26,28-31,33-34,36-38H2,1-3H3,(H,48,51)/b27-24?,35-32+/t40-,41+,42+,44+,45-,46+,47+/m0/s1. The van der Waals surface area contributed by atoms with Gasteiger partial charge < -0.3 is 40.3 Å². The maximum atomic E-state index is 12.9. The number of hydrogen-bond acceptors (Lipinski definition) is 8. The number of unbranched alkanes of at least 4 members (excludes halogenated alkanes) is 24. The van der Waals surface area contributed by atoms with Gasteiger partial charge in [0.15, 0.2) is 6.29 Å². The fourth-order valence-electron chi connectivity index (χ4n) is 7.40. The highest BCUT2D eigenvalue weighted by atomic mass is 16.7. The largest absolute Gasteiger partial charge is 0.394 e. The van der Waals surface area contributed by atoms with E-state index < -0.39 is 49.5 Å². The van der Waals surface area contributed by atoms with E-state index in [0.717, 1.165) is 38.0 Å². The van der Waals surface area contributed by atoms with E-state index in [1.165, 1.54) is 141 Å². The molecular weight excluding hydrogens is 707 g/mol. The van der Waals surface area contributed by atoms with Gasteiger partial charge in [-0.1, -0.05) is 186 Å². The normalized spacial score (nSPS) is 21.4. The van der Waals surface area contributed by atoms with Gasteiger partial charge in [-0.25, -0.2) is 0 Å². The van der Waals surface area contributed by atoms with E-state index in [1.807, 2.05) is 6.08 Å². The van der Waals surface area contributed by atoms with Crippen LogP contribution in [0.5, 0.6) is 0 Å². The SMILES string of the molecule is CCCCCCCCCCCCCCCCCCC=CCCCC(=O)N[C@@H](CO[C@@H]1O[C@H](CO)[C@@H](O)[C@H](O)[C@H]1O)[C@H](O)/C=C/CCCCCCCCCC(C)C. The molecule has 1 amide bonds. The second-order valence-corrected chi connectivity index (χ2v) is 17.0. The zero-order valence-electron chi connectivity index (χ0n) is 36.3. The molecule has 0 unspecified atom stereocenters. The van der Waals surface area contributed by atoms with Crippen molar-refractivity contribution in [3.8, 4) is 0 Å². The molecule has 1 fully saturated rings. The fraction of sp³-hybridized carbons (Fsp3) is 0.894. The van der Waals surface area contributed by atoms with Crippen molar-refractivity contribution in [3.05, 3.63) is 24.3 Å². The van der Waals surface area contributed by atoms with Gasteiger partial charge >= 0.3 is 0 Å². The van der Waals surface area contributed by atoms with Crippen LogP contribution in [0.2, 0.25) is 0 Å². The van der Waals surface area contributed by atoms with Crippen LogP contribution in [-0.4, -0.2) is 87.5 Å². The summed E-state index contributed by atoms with van der Waals surface area (Å²) in [5.41, 5.74) is 0. The van der Waals surface area contributed by atoms with Crippen LogP contribution >= 0.6 is 0 Å². The molecule has 1 heterocycles. The van der Waals surface area contributed by atoms with E-state index >= 15 is 0 Å². The Hall–Kier alpha value is -1.33. The Morgan fingerprint density at radius 1 is 0.643 bits per heavy atom. The van der Waals surface area contributed by atoms with Gasteiger partial charge in [-0.3, -0.25) is 4.79 Å². The molecule has 9 heteroatoms. The Kier molecular flexibility index (Phi) is 34.6. The molecule has 0 saturated carbocycles. The first-order chi connectivity index (χ1) is 27.2. The van der Waals surface area contributed by atoms with Gasteiger partial charge in [-0.15, -0.1) is 0 Å². The molecule has 1 aliphatic rings. The minimum absolute atomic E-state index is 0.198. The highest BCUT2D eigenvalue weighted by molar-refractivity contribution is 5.76. The quantitative estimate of drug-likeness (QED) is 0.0267. The third-order valence-electron chi connectivity index (χ3n) is 11.2. The Labute approximate surface area is 343 Å². The number of carbonyl (C=O) groups excluding carboxylic acids is 1. The lowest BCUT2D eigenvalue weighted by molar-refractivity contribution is -0.302. The van der Waals surface area contributed by atoms with Crippen LogP contribution in [0.1, 0.15) is 207 Å². The maximum absolute atomic E-state index is 12.9. The molecule has 0 aromatic heterocycles. The van der Waals surface area contributed by atoms with Gasteiger partial charge in [0.25, 0.3) is 0 Å². The Morgan fingerprint density at radius 3 is 1.61 bits per heavy atom. The van der Waals surface area contributed by atoms with Crippen molar-refractivity contribution in [1.29, 1.82) is 0 Å². The lowest BCUT2D eigenvalue weighted by atomic mass is 9.99. The third kappa shape index (κ3) is 28.2. The number of rotatable bonds is 38. The molecule has 7 atom stereocenters. The van der Waals surface area contributed by atoms with Crippen molar-refractivity contribution in [2.45, 2.75) is 250 Å². The molecule has 0 aromatic rings. The van der Waals surface area contributed by atoms with Gasteiger partial charge in [0.1, 0.15) is 24.4 Å². The second kappa shape index (κ2) is 36.7. The van der Waals surface area contributed by atoms with Crippen LogP contribution < -0.4 is 5.32 Å². The smallest absolute Gasteiger partial charge is 0.220 e. The van der Waals surface area contributed by atoms with Gasteiger partial charge in [-0.2, -0.15) is 0 Å². The predicted octanol–water partition coefficient (Wildman–Crippen LogP) is 9.75. The number of carbonyl (C=O) groups is 1. The van der Waals surface area contributed by atoms with Crippen molar-refractivity contribution in [3.63, 3.8) is 0 Å². The molecule has 330 valence electrons. The maximum Gasteiger partial charge on any atom is 0.220 e. The topological polar surface area (TPSA) is 149 Å². The number of nitrogens with one attached hydrogen (secondary N) is 1. The zero-order valence-corrected chi connectivity index (χ0v) is 36.3. The molecule has 1 rings (SSSR count). The van der Waals surface area contributed by atoms with Crippen molar-refractivity contribution in [2.24, 2.45) is 5.92 Å². The summed E-state index contributed by atoms with van der Waals surface area (Å²) in [5, 5.41) is 54.1. The van der Waals surface area contributed by atoms with Crippen molar-refractivity contribution < 1.29 is 39.8 Å². The highest BCUT2D eigenvalue weighted by Crippen LogP contribution is 2.23. The fourth-order valence-corrected chi connectivity index (χ4v) is 7.40. The summed E-state index contributed by atoms with van der Waals surface area (Å²) < 4.78 is 11.2. The lowest BCUT2D eigenvalue weighted by Gasteiger charge is -2.40. The van der Waals surface area contributed by atoms with Crippen LogP contribution in [0.4, 0.5) is 0 Å². The number of ether oxygens (including phenoxy) is 2. The number of allylic oxidation sites excluding steroid dienone is 3. The van der Waals surface area contributed by atoms with Crippen LogP contribution in [0, 0.1) is 5.92 Å². The van der Waals surface area contributed by atoms with Crippen molar-refractivity contribution >= 4 is 5.91 Å². The van der Waals surface area contributed by atoms with E-state index in [0.29, 0.717) is 12.8 Å². The highest BCUT2D eigenvalue weighted by Gasteiger charge is 2.44. The van der Waals surface area contributed by atoms with Crippen LogP contribution in [0.25, 0.3) is 0 Å². The Morgan fingerprint density at radius 2 is 1.11 bits per heavy atom. The summed E-state index contributed by atoms with van der Waals surface area (Å²) in [4.78, 5) is 12.9. The molecule has 0 aromatic carbocycles. The minimum atomic E-state index is -1.57. The number of amides is 1.